The standard InChI is InChI=1S/C18H17BrO5/c1-3-23-16-9-13(10-20)8-15(19)17(16)24-11-12-4-6-14(7-5-12)18(21)22-2/h4-10H,3,11H2,1-2H3. The maximum absolute atomic E-state index is 11.4. The number of rotatable bonds is 7. The minimum absolute atomic E-state index is 0.292. The average molecular weight is 393 g/mol. The van der Waals surface area contributed by atoms with E-state index in [1.165, 1.54) is 7.11 Å². The van der Waals surface area contributed by atoms with Crippen LogP contribution >= 0.6 is 15.9 Å². The Balaban J connectivity index is 2.16. The van der Waals surface area contributed by atoms with Gasteiger partial charge in [0.15, 0.2) is 11.5 Å². The van der Waals surface area contributed by atoms with Crippen molar-refractivity contribution in [2.45, 2.75) is 13.5 Å². The zero-order chi connectivity index (χ0) is 17.5. The molecule has 0 aliphatic rings. The van der Waals surface area contributed by atoms with Gasteiger partial charge in [-0.3, -0.25) is 4.79 Å². The van der Waals surface area contributed by atoms with Gasteiger partial charge in [0, 0.05) is 5.56 Å². The smallest absolute Gasteiger partial charge is 0.337 e. The first-order valence-corrected chi connectivity index (χ1v) is 8.10. The van der Waals surface area contributed by atoms with Gasteiger partial charge >= 0.3 is 5.97 Å². The molecule has 0 heterocycles. The number of methoxy groups -OCH3 is 1. The van der Waals surface area contributed by atoms with Gasteiger partial charge in [-0.15, -0.1) is 0 Å². The Hall–Kier alpha value is -2.34. The molecule has 6 heteroatoms. The molecule has 0 aliphatic carbocycles. The van der Waals surface area contributed by atoms with Crippen molar-refractivity contribution >= 4 is 28.2 Å². The summed E-state index contributed by atoms with van der Waals surface area (Å²) in [7, 11) is 1.34. The van der Waals surface area contributed by atoms with Crippen LogP contribution < -0.4 is 9.47 Å². The van der Waals surface area contributed by atoms with Crippen LogP contribution in [0.5, 0.6) is 11.5 Å². The molecule has 2 aromatic rings. The summed E-state index contributed by atoms with van der Waals surface area (Å²) in [4.78, 5) is 22.4. The Bertz CT molecular complexity index is 725. The molecule has 2 aromatic carbocycles. The van der Waals surface area contributed by atoms with Gasteiger partial charge in [-0.05, 0) is 52.7 Å². The fourth-order valence-electron chi connectivity index (χ4n) is 2.07. The first kappa shape index (κ1) is 18.0. The van der Waals surface area contributed by atoms with Gasteiger partial charge in [-0.1, -0.05) is 12.1 Å². The summed E-state index contributed by atoms with van der Waals surface area (Å²) in [5.74, 6) is 0.646. The Kier molecular flexibility index (Phi) is 6.37. The summed E-state index contributed by atoms with van der Waals surface area (Å²) >= 11 is 3.40. The van der Waals surface area contributed by atoms with E-state index in [0.717, 1.165) is 11.8 Å². The summed E-state index contributed by atoms with van der Waals surface area (Å²) in [5, 5.41) is 0. The van der Waals surface area contributed by atoms with Crippen LogP contribution in [0, 0.1) is 0 Å². The zero-order valence-electron chi connectivity index (χ0n) is 13.4. The minimum Gasteiger partial charge on any atom is -0.490 e. The van der Waals surface area contributed by atoms with Crippen molar-refractivity contribution in [3.63, 3.8) is 0 Å². The third kappa shape index (κ3) is 4.35. The molecule has 5 nitrogen and oxygen atoms in total. The number of halogens is 1. The Morgan fingerprint density at radius 2 is 1.88 bits per heavy atom. The van der Waals surface area contributed by atoms with Crippen molar-refractivity contribution in [2.75, 3.05) is 13.7 Å². The molecule has 0 fully saturated rings. The highest BCUT2D eigenvalue weighted by Gasteiger charge is 2.13. The third-order valence-electron chi connectivity index (χ3n) is 3.23. The number of hydrogen-bond acceptors (Lipinski definition) is 5. The van der Waals surface area contributed by atoms with Crippen molar-refractivity contribution in [2.24, 2.45) is 0 Å². The van der Waals surface area contributed by atoms with Crippen molar-refractivity contribution in [3.8, 4) is 11.5 Å². The van der Waals surface area contributed by atoms with Gasteiger partial charge in [-0.25, -0.2) is 4.79 Å². The van der Waals surface area contributed by atoms with E-state index in [4.69, 9.17) is 9.47 Å². The number of aldehydes is 1. The quantitative estimate of drug-likeness (QED) is 0.525. The van der Waals surface area contributed by atoms with Gasteiger partial charge in [0.2, 0.25) is 0 Å². The molecule has 0 unspecified atom stereocenters. The number of hydrogen-bond donors (Lipinski definition) is 0. The Morgan fingerprint density at radius 3 is 2.46 bits per heavy atom. The fraction of sp³-hybridized carbons (Fsp3) is 0.222. The van der Waals surface area contributed by atoms with Crippen molar-refractivity contribution in [1.82, 2.24) is 0 Å². The predicted molar refractivity (Wildman–Crippen MR) is 92.8 cm³/mol. The van der Waals surface area contributed by atoms with Gasteiger partial charge in [0.1, 0.15) is 12.9 Å². The van der Waals surface area contributed by atoms with E-state index in [1.807, 2.05) is 6.92 Å². The number of ether oxygens (including phenoxy) is 3. The molecular formula is C18H17BrO5. The van der Waals surface area contributed by atoms with E-state index in [1.54, 1.807) is 36.4 Å². The summed E-state index contributed by atoms with van der Waals surface area (Å²) in [6.45, 7) is 2.61. The molecule has 0 N–H and O–H groups in total. The van der Waals surface area contributed by atoms with Gasteiger partial charge in [-0.2, -0.15) is 0 Å². The van der Waals surface area contributed by atoms with Crippen molar-refractivity contribution < 1.29 is 23.8 Å². The molecule has 0 atom stereocenters. The monoisotopic (exact) mass is 392 g/mol. The molecule has 126 valence electrons. The van der Waals surface area contributed by atoms with Gasteiger partial charge in [0.05, 0.1) is 23.8 Å². The molecule has 0 saturated carbocycles. The maximum Gasteiger partial charge on any atom is 0.337 e. The molecule has 0 spiro atoms. The van der Waals surface area contributed by atoms with E-state index < -0.39 is 0 Å². The van der Waals surface area contributed by atoms with E-state index in [2.05, 4.69) is 20.7 Å². The molecule has 0 saturated heterocycles. The maximum atomic E-state index is 11.4. The van der Waals surface area contributed by atoms with E-state index in [9.17, 15) is 9.59 Å². The SMILES string of the molecule is CCOc1cc(C=O)cc(Br)c1OCc1ccc(C(=O)OC)cc1. The number of esters is 1. The van der Waals surface area contributed by atoms with E-state index in [-0.39, 0.29) is 5.97 Å². The first-order valence-electron chi connectivity index (χ1n) is 7.30. The molecule has 0 amide bonds. The van der Waals surface area contributed by atoms with Crippen LogP contribution in [-0.4, -0.2) is 26.0 Å². The first-order chi connectivity index (χ1) is 11.6. The van der Waals surface area contributed by atoms with Crippen LogP contribution in [0.25, 0.3) is 0 Å². The van der Waals surface area contributed by atoms with Crippen molar-refractivity contribution in [1.29, 1.82) is 0 Å². The fourth-order valence-corrected chi connectivity index (χ4v) is 2.64. The molecule has 2 rings (SSSR count). The Labute approximate surface area is 148 Å². The highest BCUT2D eigenvalue weighted by atomic mass is 79.9. The molecule has 0 bridgehead atoms. The summed E-state index contributed by atoms with van der Waals surface area (Å²) < 4.78 is 16.7. The third-order valence-corrected chi connectivity index (χ3v) is 3.82. The molecule has 0 aliphatic heterocycles. The lowest BCUT2D eigenvalue weighted by atomic mass is 10.1. The minimum atomic E-state index is -0.381. The lowest BCUT2D eigenvalue weighted by Gasteiger charge is -2.14. The molecule has 0 aromatic heterocycles. The number of carbonyl (C=O) groups excluding carboxylic acids is 2. The molecular weight excluding hydrogens is 376 g/mol. The highest BCUT2D eigenvalue weighted by Crippen LogP contribution is 2.37. The van der Waals surface area contributed by atoms with Crippen LogP contribution in [0.15, 0.2) is 40.9 Å². The van der Waals surface area contributed by atoms with Gasteiger partial charge in [0.25, 0.3) is 0 Å². The number of benzene rings is 2. The van der Waals surface area contributed by atoms with Gasteiger partial charge < -0.3 is 14.2 Å². The van der Waals surface area contributed by atoms with Crippen LogP contribution in [-0.2, 0) is 11.3 Å². The second-order valence-corrected chi connectivity index (χ2v) is 5.71. The van der Waals surface area contributed by atoms with Crippen LogP contribution in [0.1, 0.15) is 33.2 Å². The second-order valence-electron chi connectivity index (χ2n) is 4.86. The van der Waals surface area contributed by atoms with Crippen LogP contribution in [0.2, 0.25) is 0 Å². The highest BCUT2D eigenvalue weighted by molar-refractivity contribution is 9.10. The largest absolute Gasteiger partial charge is 0.490 e. The number of carbonyl (C=O) groups is 2. The average Bonchev–Trinajstić information content (AvgIpc) is 2.60. The lowest BCUT2D eigenvalue weighted by Crippen LogP contribution is -2.03. The predicted octanol–water partition coefficient (Wildman–Crippen LogP) is 4.03. The van der Waals surface area contributed by atoms with Crippen LogP contribution in [0.3, 0.4) is 0 Å². The lowest BCUT2D eigenvalue weighted by molar-refractivity contribution is 0.0600. The normalized spacial score (nSPS) is 10.1. The molecule has 0 radical (unpaired) electrons. The second kappa shape index (κ2) is 8.49. The van der Waals surface area contributed by atoms with E-state index in [0.29, 0.717) is 40.3 Å². The van der Waals surface area contributed by atoms with E-state index >= 15 is 0 Å². The summed E-state index contributed by atoms with van der Waals surface area (Å²) in [6, 6.07) is 10.2. The zero-order valence-corrected chi connectivity index (χ0v) is 15.0. The summed E-state index contributed by atoms with van der Waals surface area (Å²) in [5.41, 5.74) is 1.87. The summed E-state index contributed by atoms with van der Waals surface area (Å²) in [6.07, 6.45) is 0.753. The van der Waals surface area contributed by atoms with Crippen molar-refractivity contribution in [3.05, 3.63) is 57.6 Å². The Morgan fingerprint density at radius 1 is 1.17 bits per heavy atom. The molecule has 24 heavy (non-hydrogen) atoms. The topological polar surface area (TPSA) is 61.8 Å². The van der Waals surface area contributed by atoms with Crippen LogP contribution in [0.4, 0.5) is 0 Å².